The molecule has 0 heterocycles. The number of ether oxygens (including phenoxy) is 1. The van der Waals surface area contributed by atoms with E-state index in [2.05, 4.69) is 5.92 Å². The van der Waals surface area contributed by atoms with E-state index in [-0.39, 0.29) is 0 Å². The van der Waals surface area contributed by atoms with Crippen LogP contribution in [0.2, 0.25) is 0 Å². The molecule has 38 valence electrons. The van der Waals surface area contributed by atoms with Gasteiger partial charge in [0.1, 0.15) is 0 Å². The summed E-state index contributed by atoms with van der Waals surface area (Å²) < 4.78 is 4.92. The normalized spacial score (nSPS) is 37.1. The van der Waals surface area contributed by atoms with Crippen LogP contribution in [0.1, 0.15) is 6.42 Å². The summed E-state index contributed by atoms with van der Waals surface area (Å²) in [6, 6.07) is 0. The van der Waals surface area contributed by atoms with Gasteiger partial charge in [0.05, 0.1) is 6.10 Å². The van der Waals surface area contributed by atoms with Gasteiger partial charge in [0.2, 0.25) is 0 Å². The van der Waals surface area contributed by atoms with Crippen molar-refractivity contribution in [3.05, 3.63) is 0 Å². The lowest BCUT2D eigenvalue weighted by Crippen LogP contribution is -1.86. The second-order valence-corrected chi connectivity index (χ2v) is 1.78. The number of terminal acetylenes is 1. The summed E-state index contributed by atoms with van der Waals surface area (Å²) in [5.74, 6) is 3.04. The molecule has 0 aromatic heterocycles. The highest BCUT2D eigenvalue weighted by atomic mass is 16.5. The molecule has 0 saturated heterocycles. The molecule has 0 aromatic rings. The molecule has 0 aromatic carbocycles. The Labute approximate surface area is 43.7 Å². The largest absolute Gasteiger partial charge is 0.380 e. The summed E-state index contributed by atoms with van der Waals surface area (Å²) in [7, 11) is 1.70. The standard InChI is InChI=1S/C6H8O/c1-3-5-4-6(5)7-2/h1,5-6H,4H2,2H3. The summed E-state index contributed by atoms with van der Waals surface area (Å²) in [5, 5.41) is 0. The van der Waals surface area contributed by atoms with Crippen molar-refractivity contribution < 1.29 is 4.74 Å². The van der Waals surface area contributed by atoms with Crippen LogP contribution in [0, 0.1) is 18.3 Å². The third-order valence-corrected chi connectivity index (χ3v) is 1.25. The topological polar surface area (TPSA) is 9.23 Å². The molecule has 0 radical (unpaired) electrons. The predicted molar refractivity (Wildman–Crippen MR) is 27.7 cm³/mol. The van der Waals surface area contributed by atoms with Crippen molar-refractivity contribution >= 4 is 0 Å². The molecule has 1 nitrogen and oxygen atoms in total. The van der Waals surface area contributed by atoms with Gasteiger partial charge in [0.25, 0.3) is 0 Å². The second-order valence-electron chi connectivity index (χ2n) is 1.78. The van der Waals surface area contributed by atoms with Crippen LogP contribution in [0.25, 0.3) is 0 Å². The first-order valence-electron chi connectivity index (χ1n) is 2.37. The van der Waals surface area contributed by atoms with Gasteiger partial charge in [-0.15, -0.1) is 12.3 Å². The average Bonchev–Trinajstić information content (AvgIpc) is 2.43. The molecule has 0 N–H and O–H groups in total. The van der Waals surface area contributed by atoms with Gasteiger partial charge in [-0.1, -0.05) is 0 Å². The molecule has 1 fully saturated rings. The van der Waals surface area contributed by atoms with Crippen LogP contribution in [0.3, 0.4) is 0 Å². The Bertz CT molecular complexity index is 101. The first-order valence-corrected chi connectivity index (χ1v) is 2.37. The molecule has 1 heteroatoms. The highest BCUT2D eigenvalue weighted by Crippen LogP contribution is 2.31. The molecule has 0 amide bonds. The average molecular weight is 96.1 g/mol. The molecule has 0 spiro atoms. The third kappa shape index (κ3) is 0.755. The summed E-state index contributed by atoms with van der Waals surface area (Å²) in [4.78, 5) is 0. The van der Waals surface area contributed by atoms with E-state index in [0.717, 1.165) is 6.42 Å². The maximum Gasteiger partial charge on any atom is 0.0722 e. The molecule has 7 heavy (non-hydrogen) atoms. The Morgan fingerprint density at radius 1 is 1.86 bits per heavy atom. The minimum Gasteiger partial charge on any atom is -0.380 e. The zero-order valence-electron chi connectivity index (χ0n) is 4.35. The Morgan fingerprint density at radius 3 is 2.71 bits per heavy atom. The van der Waals surface area contributed by atoms with Crippen LogP contribution in [-0.4, -0.2) is 13.2 Å². The smallest absolute Gasteiger partial charge is 0.0722 e. The molecular weight excluding hydrogens is 88.1 g/mol. The Morgan fingerprint density at radius 2 is 2.57 bits per heavy atom. The van der Waals surface area contributed by atoms with Gasteiger partial charge in [0.15, 0.2) is 0 Å². The lowest BCUT2D eigenvalue weighted by atomic mass is 10.4. The minimum atomic E-state index is 0.380. The SMILES string of the molecule is C#CC1CC1OC. The van der Waals surface area contributed by atoms with Crippen LogP contribution in [-0.2, 0) is 4.74 Å². The Balaban J connectivity index is 2.21. The van der Waals surface area contributed by atoms with E-state index in [9.17, 15) is 0 Å². The van der Waals surface area contributed by atoms with Crippen molar-refractivity contribution in [1.82, 2.24) is 0 Å². The maximum atomic E-state index is 5.07. The first kappa shape index (κ1) is 4.67. The van der Waals surface area contributed by atoms with Gasteiger partial charge in [-0.3, -0.25) is 0 Å². The van der Waals surface area contributed by atoms with Gasteiger partial charge < -0.3 is 4.74 Å². The molecule has 1 aliphatic rings. The van der Waals surface area contributed by atoms with E-state index >= 15 is 0 Å². The van der Waals surface area contributed by atoms with Gasteiger partial charge in [-0.05, 0) is 6.42 Å². The van der Waals surface area contributed by atoms with Crippen molar-refractivity contribution in [3.63, 3.8) is 0 Å². The number of rotatable bonds is 1. The van der Waals surface area contributed by atoms with Crippen LogP contribution in [0.4, 0.5) is 0 Å². The monoisotopic (exact) mass is 96.1 g/mol. The molecule has 1 aliphatic carbocycles. The fourth-order valence-electron chi connectivity index (χ4n) is 0.608. The number of methoxy groups -OCH3 is 1. The zero-order valence-corrected chi connectivity index (χ0v) is 4.35. The number of hydrogen-bond donors (Lipinski definition) is 0. The van der Waals surface area contributed by atoms with Crippen molar-refractivity contribution in [1.29, 1.82) is 0 Å². The van der Waals surface area contributed by atoms with Gasteiger partial charge in [-0.2, -0.15) is 0 Å². The maximum absolute atomic E-state index is 5.07. The Hall–Kier alpha value is -0.480. The quantitative estimate of drug-likeness (QED) is 0.435. The zero-order chi connectivity index (χ0) is 5.28. The summed E-state index contributed by atoms with van der Waals surface area (Å²) in [6.45, 7) is 0. The number of hydrogen-bond acceptors (Lipinski definition) is 1. The van der Waals surface area contributed by atoms with Gasteiger partial charge in [0, 0.05) is 13.0 Å². The highest BCUT2D eigenvalue weighted by molar-refractivity contribution is 5.08. The van der Waals surface area contributed by atoms with E-state index in [1.807, 2.05) is 0 Å². The second kappa shape index (κ2) is 1.55. The lowest BCUT2D eigenvalue weighted by Gasteiger charge is -1.84. The van der Waals surface area contributed by atoms with Crippen LogP contribution in [0.5, 0.6) is 0 Å². The van der Waals surface area contributed by atoms with E-state index in [4.69, 9.17) is 11.2 Å². The van der Waals surface area contributed by atoms with E-state index in [1.54, 1.807) is 7.11 Å². The first-order chi connectivity index (χ1) is 3.38. The van der Waals surface area contributed by atoms with Crippen LogP contribution < -0.4 is 0 Å². The van der Waals surface area contributed by atoms with E-state index in [1.165, 1.54) is 0 Å². The molecule has 2 atom stereocenters. The van der Waals surface area contributed by atoms with Gasteiger partial charge >= 0.3 is 0 Å². The van der Waals surface area contributed by atoms with Crippen molar-refractivity contribution in [2.45, 2.75) is 12.5 Å². The van der Waals surface area contributed by atoms with Crippen LogP contribution in [0.15, 0.2) is 0 Å². The summed E-state index contributed by atoms with van der Waals surface area (Å²) >= 11 is 0. The minimum absolute atomic E-state index is 0.380. The van der Waals surface area contributed by atoms with E-state index < -0.39 is 0 Å². The van der Waals surface area contributed by atoms with Crippen molar-refractivity contribution in [3.8, 4) is 12.3 Å². The molecule has 0 aliphatic heterocycles. The van der Waals surface area contributed by atoms with Crippen LogP contribution >= 0.6 is 0 Å². The van der Waals surface area contributed by atoms with E-state index in [0.29, 0.717) is 12.0 Å². The molecular formula is C6H8O. The highest BCUT2D eigenvalue weighted by Gasteiger charge is 2.35. The Kier molecular flexibility index (Phi) is 1.04. The van der Waals surface area contributed by atoms with Crippen molar-refractivity contribution in [2.24, 2.45) is 5.92 Å². The fraction of sp³-hybridized carbons (Fsp3) is 0.667. The molecule has 2 unspecified atom stereocenters. The predicted octanol–water partition coefficient (Wildman–Crippen LogP) is 0.654. The molecule has 1 saturated carbocycles. The lowest BCUT2D eigenvalue weighted by molar-refractivity contribution is 0.176. The third-order valence-electron chi connectivity index (χ3n) is 1.25. The molecule has 1 rings (SSSR count). The van der Waals surface area contributed by atoms with Gasteiger partial charge in [-0.25, -0.2) is 0 Å². The fourth-order valence-corrected chi connectivity index (χ4v) is 0.608. The summed E-state index contributed by atoms with van der Waals surface area (Å²) in [5.41, 5.74) is 0. The molecule has 0 bridgehead atoms. The van der Waals surface area contributed by atoms with Crippen molar-refractivity contribution in [2.75, 3.05) is 7.11 Å². The summed E-state index contributed by atoms with van der Waals surface area (Å²) in [6.07, 6.45) is 6.51.